The standard InChI is InChI=1S/C19H25FN4OS/c1-21-19(22-11-16(25)13-6-5-7-14(20)10-13)24(2)12-18-23-15-8-3-4-9-17(15)26-18/h5-7,10,16,25H,3-4,8-9,11-12H2,1-2H3,(H,21,22). The number of fused-ring (bicyclic) bond motifs is 1. The van der Waals surface area contributed by atoms with Crippen molar-refractivity contribution >= 4 is 17.3 Å². The van der Waals surface area contributed by atoms with Crippen LogP contribution in [0.1, 0.15) is 40.1 Å². The lowest BCUT2D eigenvalue weighted by atomic mass is 10.0. The second-order valence-electron chi connectivity index (χ2n) is 6.54. The molecule has 2 N–H and O–H groups in total. The van der Waals surface area contributed by atoms with Gasteiger partial charge in [-0.1, -0.05) is 12.1 Å². The summed E-state index contributed by atoms with van der Waals surface area (Å²) in [5.41, 5.74) is 1.80. The number of nitrogens with one attached hydrogen (secondary N) is 1. The fraction of sp³-hybridized carbons (Fsp3) is 0.474. The Morgan fingerprint density at radius 2 is 2.23 bits per heavy atom. The number of hydrogen-bond donors (Lipinski definition) is 2. The van der Waals surface area contributed by atoms with Crippen molar-refractivity contribution in [2.45, 2.75) is 38.3 Å². The molecule has 0 radical (unpaired) electrons. The quantitative estimate of drug-likeness (QED) is 0.622. The molecule has 0 amide bonds. The van der Waals surface area contributed by atoms with E-state index in [9.17, 15) is 9.50 Å². The van der Waals surface area contributed by atoms with Gasteiger partial charge in [0.2, 0.25) is 0 Å². The van der Waals surface area contributed by atoms with Gasteiger partial charge in [-0.15, -0.1) is 11.3 Å². The molecule has 1 aromatic heterocycles. The van der Waals surface area contributed by atoms with E-state index in [-0.39, 0.29) is 12.4 Å². The number of guanidine groups is 1. The monoisotopic (exact) mass is 376 g/mol. The van der Waals surface area contributed by atoms with Gasteiger partial charge in [-0.25, -0.2) is 9.37 Å². The molecule has 1 aliphatic carbocycles. The van der Waals surface area contributed by atoms with Gasteiger partial charge in [0.15, 0.2) is 5.96 Å². The fourth-order valence-corrected chi connectivity index (χ4v) is 4.37. The molecular formula is C19H25FN4OS. The molecule has 0 saturated carbocycles. The summed E-state index contributed by atoms with van der Waals surface area (Å²) in [4.78, 5) is 12.4. The van der Waals surface area contributed by atoms with Crippen LogP contribution < -0.4 is 5.32 Å². The molecule has 1 unspecified atom stereocenters. The summed E-state index contributed by atoms with van der Waals surface area (Å²) in [6.07, 6.45) is 3.91. The zero-order valence-corrected chi connectivity index (χ0v) is 16.0. The van der Waals surface area contributed by atoms with Crippen LogP contribution in [0.3, 0.4) is 0 Å². The minimum atomic E-state index is -0.803. The number of aliphatic hydroxyl groups excluding tert-OH is 1. The minimum absolute atomic E-state index is 0.259. The Kier molecular flexibility index (Phi) is 6.21. The summed E-state index contributed by atoms with van der Waals surface area (Å²) >= 11 is 1.79. The van der Waals surface area contributed by atoms with Crippen molar-refractivity contribution in [3.63, 3.8) is 0 Å². The minimum Gasteiger partial charge on any atom is -0.387 e. The molecule has 26 heavy (non-hydrogen) atoms. The van der Waals surface area contributed by atoms with Crippen LogP contribution in [0, 0.1) is 5.82 Å². The van der Waals surface area contributed by atoms with E-state index in [0.717, 1.165) is 17.8 Å². The predicted octanol–water partition coefficient (Wildman–Crippen LogP) is 2.90. The topological polar surface area (TPSA) is 60.8 Å². The Morgan fingerprint density at radius 3 is 2.96 bits per heavy atom. The lowest BCUT2D eigenvalue weighted by Crippen LogP contribution is -2.40. The van der Waals surface area contributed by atoms with Crippen LogP contribution in [0.2, 0.25) is 0 Å². The maximum absolute atomic E-state index is 13.3. The van der Waals surface area contributed by atoms with Crippen LogP contribution >= 0.6 is 11.3 Å². The van der Waals surface area contributed by atoms with E-state index < -0.39 is 6.10 Å². The van der Waals surface area contributed by atoms with Gasteiger partial charge in [0.25, 0.3) is 0 Å². The van der Waals surface area contributed by atoms with Crippen molar-refractivity contribution in [1.29, 1.82) is 0 Å². The number of aliphatic hydroxyl groups is 1. The molecule has 3 rings (SSSR count). The van der Waals surface area contributed by atoms with Crippen LogP contribution in [-0.4, -0.2) is 41.6 Å². The molecule has 0 spiro atoms. The summed E-state index contributed by atoms with van der Waals surface area (Å²) in [5, 5.41) is 14.5. The zero-order chi connectivity index (χ0) is 18.5. The number of aromatic nitrogens is 1. The number of rotatable bonds is 5. The lowest BCUT2D eigenvalue weighted by Gasteiger charge is -2.22. The molecule has 1 aliphatic rings. The maximum Gasteiger partial charge on any atom is 0.193 e. The Balaban J connectivity index is 1.57. The average Bonchev–Trinajstić information content (AvgIpc) is 3.04. The number of aliphatic imine (C=N–C) groups is 1. The third-order valence-corrected chi connectivity index (χ3v) is 5.66. The number of halogens is 1. The van der Waals surface area contributed by atoms with Crippen molar-refractivity contribution in [1.82, 2.24) is 15.2 Å². The van der Waals surface area contributed by atoms with Gasteiger partial charge in [0.05, 0.1) is 18.3 Å². The first-order valence-electron chi connectivity index (χ1n) is 8.89. The van der Waals surface area contributed by atoms with Crippen LogP contribution in [0.25, 0.3) is 0 Å². The van der Waals surface area contributed by atoms with Gasteiger partial charge in [0.1, 0.15) is 10.8 Å². The first-order chi connectivity index (χ1) is 12.6. The first kappa shape index (κ1) is 18.8. The first-order valence-corrected chi connectivity index (χ1v) is 9.71. The van der Waals surface area contributed by atoms with Gasteiger partial charge in [-0.2, -0.15) is 0 Å². The van der Waals surface area contributed by atoms with E-state index in [0.29, 0.717) is 18.1 Å². The van der Waals surface area contributed by atoms with E-state index in [1.165, 1.54) is 35.5 Å². The highest BCUT2D eigenvalue weighted by molar-refractivity contribution is 7.11. The van der Waals surface area contributed by atoms with Crippen molar-refractivity contribution < 1.29 is 9.50 Å². The molecular weight excluding hydrogens is 351 g/mol. The van der Waals surface area contributed by atoms with E-state index in [1.54, 1.807) is 30.5 Å². The number of thiazole rings is 1. The Morgan fingerprint density at radius 1 is 1.42 bits per heavy atom. The summed E-state index contributed by atoms with van der Waals surface area (Å²) in [6.45, 7) is 0.933. The molecule has 0 saturated heterocycles. The van der Waals surface area contributed by atoms with E-state index in [4.69, 9.17) is 4.98 Å². The normalized spacial score (nSPS) is 15.5. The van der Waals surface area contributed by atoms with E-state index in [2.05, 4.69) is 10.3 Å². The Labute approximate surface area is 157 Å². The van der Waals surface area contributed by atoms with Gasteiger partial charge >= 0.3 is 0 Å². The van der Waals surface area contributed by atoms with Gasteiger partial charge in [-0.05, 0) is 43.4 Å². The zero-order valence-electron chi connectivity index (χ0n) is 15.2. The molecule has 7 heteroatoms. The molecule has 0 bridgehead atoms. The second-order valence-corrected chi connectivity index (χ2v) is 7.71. The fourth-order valence-electron chi connectivity index (χ4n) is 3.16. The highest BCUT2D eigenvalue weighted by atomic mass is 32.1. The van der Waals surface area contributed by atoms with Crippen LogP contribution in [0.4, 0.5) is 4.39 Å². The van der Waals surface area contributed by atoms with Crippen molar-refractivity contribution in [2.75, 3.05) is 20.6 Å². The number of hydrogen-bond acceptors (Lipinski definition) is 4. The number of aryl methyl sites for hydroxylation is 2. The van der Waals surface area contributed by atoms with Crippen LogP contribution in [-0.2, 0) is 19.4 Å². The molecule has 1 heterocycles. The number of benzene rings is 1. The Hall–Kier alpha value is -1.99. The largest absolute Gasteiger partial charge is 0.387 e. The van der Waals surface area contributed by atoms with Crippen molar-refractivity contribution in [3.05, 3.63) is 51.2 Å². The SMILES string of the molecule is CN=C(NCC(O)c1cccc(F)c1)N(C)Cc1nc2c(s1)CCCC2. The summed E-state index contributed by atoms with van der Waals surface area (Å²) in [7, 11) is 3.66. The molecule has 5 nitrogen and oxygen atoms in total. The van der Waals surface area contributed by atoms with Crippen molar-refractivity contribution in [3.8, 4) is 0 Å². The highest BCUT2D eigenvalue weighted by Crippen LogP contribution is 2.27. The average molecular weight is 377 g/mol. The second kappa shape index (κ2) is 8.60. The van der Waals surface area contributed by atoms with Crippen molar-refractivity contribution in [2.24, 2.45) is 4.99 Å². The third kappa shape index (κ3) is 4.59. The van der Waals surface area contributed by atoms with Gasteiger partial charge < -0.3 is 15.3 Å². The molecule has 1 atom stereocenters. The molecule has 140 valence electrons. The van der Waals surface area contributed by atoms with Crippen LogP contribution in [0.15, 0.2) is 29.3 Å². The summed E-state index contributed by atoms with van der Waals surface area (Å²) in [5.74, 6) is 0.324. The van der Waals surface area contributed by atoms with E-state index in [1.807, 2.05) is 11.9 Å². The number of nitrogens with zero attached hydrogens (tertiary/aromatic N) is 3. The van der Waals surface area contributed by atoms with E-state index >= 15 is 0 Å². The van der Waals surface area contributed by atoms with Gasteiger partial charge in [-0.3, -0.25) is 4.99 Å². The molecule has 0 fully saturated rings. The van der Waals surface area contributed by atoms with Gasteiger partial charge in [0, 0.05) is 25.5 Å². The maximum atomic E-state index is 13.3. The summed E-state index contributed by atoms with van der Waals surface area (Å²) < 4.78 is 13.3. The Bertz CT molecular complexity index is 753. The predicted molar refractivity (Wildman–Crippen MR) is 103 cm³/mol. The summed E-state index contributed by atoms with van der Waals surface area (Å²) in [6, 6.07) is 6.02. The lowest BCUT2D eigenvalue weighted by molar-refractivity contribution is 0.179. The third-order valence-electron chi connectivity index (χ3n) is 4.52. The smallest absolute Gasteiger partial charge is 0.193 e. The molecule has 0 aliphatic heterocycles. The van der Waals surface area contributed by atoms with Crippen LogP contribution in [0.5, 0.6) is 0 Å². The molecule has 1 aromatic carbocycles. The highest BCUT2D eigenvalue weighted by Gasteiger charge is 2.17. The molecule has 2 aromatic rings.